The predicted octanol–water partition coefficient (Wildman–Crippen LogP) is 2.96. The average Bonchev–Trinajstić information content (AvgIpc) is 3.33. The minimum absolute atomic E-state index is 0.211. The van der Waals surface area contributed by atoms with Gasteiger partial charge in [-0.25, -0.2) is 0 Å². The Kier molecular flexibility index (Phi) is 4.98. The van der Waals surface area contributed by atoms with Crippen LogP contribution in [0.4, 0.5) is 5.69 Å². The van der Waals surface area contributed by atoms with Crippen molar-refractivity contribution in [1.29, 1.82) is 0 Å². The van der Waals surface area contributed by atoms with Crippen molar-refractivity contribution in [3.05, 3.63) is 29.8 Å². The molecule has 1 aromatic carbocycles. The number of benzene rings is 1. The molecule has 2 aliphatic heterocycles. The van der Waals surface area contributed by atoms with Crippen LogP contribution in [0.3, 0.4) is 0 Å². The van der Waals surface area contributed by atoms with Gasteiger partial charge in [0.2, 0.25) is 5.91 Å². The van der Waals surface area contributed by atoms with Crippen molar-refractivity contribution >= 4 is 11.6 Å². The molecule has 4 nitrogen and oxygen atoms in total. The van der Waals surface area contributed by atoms with E-state index in [0.29, 0.717) is 5.91 Å². The average molecular weight is 341 g/mol. The molecule has 0 radical (unpaired) electrons. The maximum absolute atomic E-state index is 13.2. The van der Waals surface area contributed by atoms with Crippen LogP contribution in [0, 0.1) is 0 Å². The Morgan fingerprint density at radius 3 is 2.56 bits per heavy atom. The van der Waals surface area contributed by atoms with Crippen LogP contribution in [0.15, 0.2) is 24.3 Å². The zero-order valence-electron chi connectivity index (χ0n) is 15.3. The van der Waals surface area contributed by atoms with Crippen LogP contribution < -0.4 is 10.2 Å². The molecule has 2 fully saturated rings. The Morgan fingerprint density at radius 2 is 1.76 bits per heavy atom. The summed E-state index contributed by atoms with van der Waals surface area (Å²) in [6, 6.07) is 8.66. The highest BCUT2D eigenvalue weighted by atomic mass is 16.2. The molecule has 1 saturated heterocycles. The summed E-state index contributed by atoms with van der Waals surface area (Å²) >= 11 is 0. The van der Waals surface area contributed by atoms with E-state index in [-0.39, 0.29) is 5.54 Å². The van der Waals surface area contributed by atoms with Gasteiger partial charge in [-0.3, -0.25) is 9.69 Å². The first-order chi connectivity index (χ1) is 12.3. The van der Waals surface area contributed by atoms with Crippen LogP contribution in [0.1, 0.15) is 50.5 Å². The van der Waals surface area contributed by atoms with Crippen LogP contribution in [0.25, 0.3) is 0 Å². The van der Waals surface area contributed by atoms with E-state index in [2.05, 4.69) is 39.4 Å². The van der Waals surface area contributed by atoms with Gasteiger partial charge in [0.1, 0.15) is 5.54 Å². The lowest BCUT2D eigenvalue weighted by molar-refractivity contribution is -0.135. The normalized spacial score (nSPS) is 22.8. The fourth-order valence-electron chi connectivity index (χ4n) is 5.08. The maximum Gasteiger partial charge on any atom is 0.240 e. The quantitative estimate of drug-likeness (QED) is 0.894. The van der Waals surface area contributed by atoms with Crippen LogP contribution in [0.5, 0.6) is 0 Å². The van der Waals surface area contributed by atoms with Gasteiger partial charge in [-0.05, 0) is 56.8 Å². The van der Waals surface area contributed by atoms with Crippen LogP contribution in [0.2, 0.25) is 0 Å². The maximum atomic E-state index is 13.2. The lowest BCUT2D eigenvalue weighted by Crippen LogP contribution is -2.59. The lowest BCUT2D eigenvalue weighted by atomic mass is 9.79. The van der Waals surface area contributed by atoms with Gasteiger partial charge < -0.3 is 10.2 Å². The monoisotopic (exact) mass is 341 g/mol. The number of hydrogen-bond donors (Lipinski definition) is 1. The number of fused-ring (bicyclic) bond motifs is 1. The molecule has 4 heteroatoms. The fourth-order valence-corrected chi connectivity index (χ4v) is 5.08. The third-order valence-corrected chi connectivity index (χ3v) is 6.47. The van der Waals surface area contributed by atoms with Crippen molar-refractivity contribution < 1.29 is 4.79 Å². The molecule has 25 heavy (non-hydrogen) atoms. The van der Waals surface area contributed by atoms with Crippen LogP contribution in [-0.4, -0.2) is 49.1 Å². The number of rotatable bonds is 5. The zero-order valence-corrected chi connectivity index (χ0v) is 15.3. The minimum Gasteiger partial charge on any atom is -0.369 e. The lowest BCUT2D eigenvalue weighted by Gasteiger charge is -2.43. The molecule has 1 aromatic rings. The van der Waals surface area contributed by atoms with Crippen molar-refractivity contribution in [3.8, 4) is 0 Å². The van der Waals surface area contributed by atoms with Gasteiger partial charge in [0.15, 0.2) is 0 Å². The number of carbonyl (C=O) groups excluding carboxylic acids is 1. The largest absolute Gasteiger partial charge is 0.369 e. The number of nitrogens with one attached hydrogen (secondary N) is 1. The Labute approximate surface area is 151 Å². The van der Waals surface area contributed by atoms with Gasteiger partial charge in [-0.15, -0.1) is 0 Å². The highest BCUT2D eigenvalue weighted by Gasteiger charge is 2.45. The molecule has 4 rings (SSSR count). The number of likely N-dealkylation sites (tertiary alicyclic amines) is 1. The zero-order chi connectivity index (χ0) is 17.1. The molecule has 0 spiro atoms. The summed E-state index contributed by atoms with van der Waals surface area (Å²) in [6.45, 7) is 4.95. The van der Waals surface area contributed by atoms with Gasteiger partial charge in [0, 0.05) is 25.3 Å². The van der Waals surface area contributed by atoms with Gasteiger partial charge in [-0.1, -0.05) is 37.5 Å². The second-order valence-corrected chi connectivity index (χ2v) is 7.91. The Balaban J connectivity index is 1.36. The summed E-state index contributed by atoms with van der Waals surface area (Å²) in [4.78, 5) is 18.1. The van der Waals surface area contributed by atoms with Crippen molar-refractivity contribution in [2.75, 3.05) is 37.6 Å². The van der Waals surface area contributed by atoms with E-state index in [1.807, 2.05) is 0 Å². The van der Waals surface area contributed by atoms with Crippen LogP contribution >= 0.6 is 0 Å². The molecule has 1 N–H and O–H groups in total. The Bertz CT molecular complexity index is 603. The number of hydrogen-bond acceptors (Lipinski definition) is 3. The first-order valence-electron chi connectivity index (χ1n) is 10.2. The van der Waals surface area contributed by atoms with Crippen LogP contribution in [-0.2, 0) is 11.2 Å². The minimum atomic E-state index is -0.211. The molecule has 2 heterocycles. The second-order valence-electron chi connectivity index (χ2n) is 7.91. The molecule has 1 aliphatic carbocycles. The second kappa shape index (κ2) is 7.36. The molecule has 0 atom stereocenters. The number of anilines is 1. The van der Waals surface area contributed by atoms with E-state index in [0.717, 1.165) is 52.0 Å². The van der Waals surface area contributed by atoms with Crippen molar-refractivity contribution in [2.24, 2.45) is 0 Å². The molecule has 0 unspecified atom stereocenters. The number of nitrogens with zero attached hydrogens (tertiary/aromatic N) is 2. The molecule has 3 aliphatic rings. The number of para-hydroxylation sites is 1. The summed E-state index contributed by atoms with van der Waals surface area (Å²) in [7, 11) is 0. The van der Waals surface area contributed by atoms with Crippen molar-refractivity contribution in [1.82, 2.24) is 10.2 Å². The Morgan fingerprint density at radius 1 is 1.00 bits per heavy atom. The van der Waals surface area contributed by atoms with Gasteiger partial charge >= 0.3 is 0 Å². The van der Waals surface area contributed by atoms with E-state index in [1.54, 1.807) is 0 Å². The summed E-state index contributed by atoms with van der Waals surface area (Å²) in [6.07, 6.45) is 9.40. The molecule has 0 aromatic heterocycles. The van der Waals surface area contributed by atoms with E-state index in [4.69, 9.17) is 0 Å². The van der Waals surface area contributed by atoms with Crippen molar-refractivity contribution in [3.63, 3.8) is 0 Å². The molecule has 1 amide bonds. The standard InChI is InChI=1S/C21H31N3O/c25-20(21(11-4-1-5-12-21)24-14-6-7-15-24)22-13-17-23-16-10-18-8-2-3-9-19(18)23/h2-3,8-9H,1,4-7,10-17H2,(H,22,25). The summed E-state index contributed by atoms with van der Waals surface area (Å²) in [5, 5.41) is 3.31. The molecule has 136 valence electrons. The topological polar surface area (TPSA) is 35.6 Å². The van der Waals surface area contributed by atoms with E-state index in [1.165, 1.54) is 43.4 Å². The smallest absolute Gasteiger partial charge is 0.240 e. The number of amides is 1. The highest BCUT2D eigenvalue weighted by Crippen LogP contribution is 2.36. The molecular formula is C21H31N3O. The summed E-state index contributed by atoms with van der Waals surface area (Å²) in [5.41, 5.74) is 2.58. The van der Waals surface area contributed by atoms with Gasteiger partial charge in [0.25, 0.3) is 0 Å². The Hall–Kier alpha value is -1.55. The third kappa shape index (κ3) is 3.29. The van der Waals surface area contributed by atoms with Gasteiger partial charge in [0.05, 0.1) is 0 Å². The van der Waals surface area contributed by atoms with E-state index >= 15 is 0 Å². The SMILES string of the molecule is O=C(NCCN1CCc2ccccc21)C1(N2CCCC2)CCCCC1. The molecule has 1 saturated carbocycles. The first-order valence-corrected chi connectivity index (χ1v) is 10.2. The van der Waals surface area contributed by atoms with E-state index in [9.17, 15) is 4.79 Å². The predicted molar refractivity (Wildman–Crippen MR) is 102 cm³/mol. The van der Waals surface area contributed by atoms with E-state index < -0.39 is 0 Å². The molecular weight excluding hydrogens is 310 g/mol. The fraction of sp³-hybridized carbons (Fsp3) is 0.667. The number of carbonyl (C=O) groups is 1. The van der Waals surface area contributed by atoms with Gasteiger partial charge in [-0.2, -0.15) is 0 Å². The summed E-state index contributed by atoms with van der Waals surface area (Å²) in [5.74, 6) is 0.293. The van der Waals surface area contributed by atoms with Crippen molar-refractivity contribution in [2.45, 2.75) is 56.9 Å². The first kappa shape index (κ1) is 16.9. The highest BCUT2D eigenvalue weighted by molar-refractivity contribution is 5.86. The third-order valence-electron chi connectivity index (χ3n) is 6.47. The molecule has 0 bridgehead atoms. The summed E-state index contributed by atoms with van der Waals surface area (Å²) < 4.78 is 0.